The third-order valence-electron chi connectivity index (χ3n) is 3.24. The molecule has 5 heteroatoms. The molecule has 1 aromatic carbocycles. The number of hydrogen-bond donors (Lipinski definition) is 1. The second kappa shape index (κ2) is 5.44. The molecule has 0 atom stereocenters. The number of nitrogens with one attached hydrogen (secondary N) is 1. The Bertz CT molecular complexity index is 779. The van der Waals surface area contributed by atoms with Gasteiger partial charge in [0.05, 0.1) is 6.20 Å². The van der Waals surface area contributed by atoms with E-state index in [4.69, 9.17) is 4.74 Å². The number of fused-ring (bicyclic) bond motifs is 1. The number of aryl methyl sites for hydroxylation is 2. The molecule has 0 aliphatic carbocycles. The van der Waals surface area contributed by atoms with Gasteiger partial charge in [0.25, 0.3) is 5.88 Å². The summed E-state index contributed by atoms with van der Waals surface area (Å²) in [7, 11) is 0. The fraction of sp³-hybridized carbons (Fsp3) is 0.250. The van der Waals surface area contributed by atoms with Crippen LogP contribution >= 0.6 is 0 Å². The van der Waals surface area contributed by atoms with Crippen LogP contribution in [0.1, 0.15) is 18.1 Å². The van der Waals surface area contributed by atoms with Crippen LogP contribution < -0.4 is 10.1 Å². The number of imidazole rings is 1. The Labute approximate surface area is 123 Å². The third-order valence-corrected chi connectivity index (χ3v) is 3.24. The van der Waals surface area contributed by atoms with Gasteiger partial charge in [0, 0.05) is 18.9 Å². The largest absolute Gasteiger partial charge is 0.436 e. The van der Waals surface area contributed by atoms with E-state index in [1.165, 1.54) is 5.56 Å². The number of rotatable bonds is 4. The Balaban J connectivity index is 2.04. The highest BCUT2D eigenvalue weighted by Gasteiger charge is 2.11. The maximum absolute atomic E-state index is 5.99. The van der Waals surface area contributed by atoms with Crippen molar-refractivity contribution in [2.75, 3.05) is 11.9 Å². The highest BCUT2D eigenvalue weighted by atomic mass is 16.5. The number of anilines is 1. The monoisotopic (exact) mass is 282 g/mol. The van der Waals surface area contributed by atoms with E-state index in [1.807, 2.05) is 42.8 Å². The molecule has 0 aliphatic rings. The molecule has 1 N–H and O–H groups in total. The van der Waals surface area contributed by atoms with Crippen molar-refractivity contribution >= 4 is 11.5 Å². The van der Waals surface area contributed by atoms with Crippen molar-refractivity contribution in [2.24, 2.45) is 0 Å². The number of benzene rings is 1. The van der Waals surface area contributed by atoms with E-state index in [0.717, 1.165) is 23.7 Å². The zero-order valence-electron chi connectivity index (χ0n) is 12.4. The molecule has 0 aliphatic heterocycles. The fourth-order valence-corrected chi connectivity index (χ4v) is 2.26. The predicted octanol–water partition coefficient (Wildman–Crippen LogP) is 3.57. The molecule has 0 saturated carbocycles. The molecule has 0 bridgehead atoms. The van der Waals surface area contributed by atoms with Crippen molar-refractivity contribution in [3.63, 3.8) is 0 Å². The van der Waals surface area contributed by atoms with E-state index in [-0.39, 0.29) is 0 Å². The summed E-state index contributed by atoms with van der Waals surface area (Å²) in [5.74, 6) is 2.07. The zero-order chi connectivity index (χ0) is 14.8. The molecular weight excluding hydrogens is 264 g/mol. The molecule has 21 heavy (non-hydrogen) atoms. The predicted molar refractivity (Wildman–Crippen MR) is 83.1 cm³/mol. The molecule has 5 nitrogen and oxygen atoms in total. The maximum Gasteiger partial charge on any atom is 0.265 e. The summed E-state index contributed by atoms with van der Waals surface area (Å²) < 4.78 is 7.89. The smallest absolute Gasteiger partial charge is 0.265 e. The van der Waals surface area contributed by atoms with Crippen molar-refractivity contribution in [3.8, 4) is 11.6 Å². The van der Waals surface area contributed by atoms with Gasteiger partial charge in [-0.1, -0.05) is 17.7 Å². The van der Waals surface area contributed by atoms with E-state index in [1.54, 1.807) is 6.20 Å². The van der Waals surface area contributed by atoms with Crippen LogP contribution in [-0.4, -0.2) is 20.9 Å². The van der Waals surface area contributed by atoms with Gasteiger partial charge >= 0.3 is 0 Å². The first kappa shape index (κ1) is 13.4. The summed E-state index contributed by atoms with van der Waals surface area (Å²) in [6, 6.07) is 6.08. The lowest BCUT2D eigenvalue weighted by Gasteiger charge is -2.11. The number of aromatic nitrogens is 3. The first-order valence-electron chi connectivity index (χ1n) is 7.00. The van der Waals surface area contributed by atoms with E-state index in [0.29, 0.717) is 11.5 Å². The lowest BCUT2D eigenvalue weighted by Crippen LogP contribution is -2.03. The van der Waals surface area contributed by atoms with Gasteiger partial charge in [0.1, 0.15) is 11.6 Å². The van der Waals surface area contributed by atoms with Crippen molar-refractivity contribution in [1.29, 1.82) is 0 Å². The van der Waals surface area contributed by atoms with E-state index < -0.39 is 0 Å². The average molecular weight is 282 g/mol. The van der Waals surface area contributed by atoms with Crippen molar-refractivity contribution in [1.82, 2.24) is 14.4 Å². The SMILES string of the molecule is CCNc1cn2ccnc2c(Oc2ccc(C)cc2C)n1. The van der Waals surface area contributed by atoms with Crippen LogP contribution in [0, 0.1) is 13.8 Å². The lowest BCUT2D eigenvalue weighted by atomic mass is 10.1. The summed E-state index contributed by atoms with van der Waals surface area (Å²) in [6.45, 7) is 6.92. The third kappa shape index (κ3) is 2.67. The summed E-state index contributed by atoms with van der Waals surface area (Å²) in [4.78, 5) is 8.82. The Morgan fingerprint density at radius 2 is 2.14 bits per heavy atom. The Morgan fingerprint density at radius 3 is 2.90 bits per heavy atom. The number of nitrogens with zero attached hydrogens (tertiary/aromatic N) is 3. The van der Waals surface area contributed by atoms with Gasteiger partial charge in [-0.3, -0.25) is 4.40 Å². The standard InChI is InChI=1S/C16H18N4O/c1-4-17-14-10-20-8-7-18-15(20)16(19-14)21-13-6-5-11(2)9-12(13)3/h5-10,17H,4H2,1-3H3. The van der Waals surface area contributed by atoms with Crippen LogP contribution in [0.2, 0.25) is 0 Å². The second-order valence-electron chi connectivity index (χ2n) is 4.99. The average Bonchev–Trinajstić information content (AvgIpc) is 2.91. The number of ether oxygens (including phenoxy) is 1. The summed E-state index contributed by atoms with van der Waals surface area (Å²) >= 11 is 0. The molecule has 2 heterocycles. The quantitative estimate of drug-likeness (QED) is 0.794. The van der Waals surface area contributed by atoms with E-state index in [2.05, 4.69) is 28.3 Å². The maximum atomic E-state index is 5.99. The molecule has 0 saturated heterocycles. The minimum atomic E-state index is 0.505. The minimum absolute atomic E-state index is 0.505. The molecule has 108 valence electrons. The van der Waals surface area contributed by atoms with Gasteiger partial charge in [-0.2, -0.15) is 4.98 Å². The summed E-state index contributed by atoms with van der Waals surface area (Å²) in [6.07, 6.45) is 5.52. The summed E-state index contributed by atoms with van der Waals surface area (Å²) in [5, 5.41) is 3.20. The molecule has 3 rings (SSSR count). The minimum Gasteiger partial charge on any atom is -0.436 e. The van der Waals surface area contributed by atoms with Gasteiger partial charge in [0.15, 0.2) is 0 Å². The molecular formula is C16H18N4O. The molecule has 2 aromatic heterocycles. The van der Waals surface area contributed by atoms with Crippen LogP contribution in [0.15, 0.2) is 36.8 Å². The van der Waals surface area contributed by atoms with E-state index in [9.17, 15) is 0 Å². The molecule has 0 fully saturated rings. The van der Waals surface area contributed by atoms with Gasteiger partial charge in [-0.05, 0) is 32.4 Å². The van der Waals surface area contributed by atoms with Gasteiger partial charge in [0.2, 0.25) is 5.65 Å². The van der Waals surface area contributed by atoms with Crippen molar-refractivity contribution in [3.05, 3.63) is 47.9 Å². The van der Waals surface area contributed by atoms with E-state index >= 15 is 0 Å². The first-order valence-corrected chi connectivity index (χ1v) is 7.00. The first-order chi connectivity index (χ1) is 10.2. The van der Waals surface area contributed by atoms with Crippen LogP contribution in [0.4, 0.5) is 5.82 Å². The van der Waals surface area contributed by atoms with Crippen LogP contribution in [-0.2, 0) is 0 Å². The van der Waals surface area contributed by atoms with Crippen LogP contribution in [0.5, 0.6) is 11.6 Å². The molecule has 0 amide bonds. The lowest BCUT2D eigenvalue weighted by molar-refractivity contribution is 0.462. The van der Waals surface area contributed by atoms with Gasteiger partial charge in [-0.25, -0.2) is 4.98 Å². The fourth-order valence-electron chi connectivity index (χ4n) is 2.26. The topological polar surface area (TPSA) is 51.5 Å². The number of hydrogen-bond acceptors (Lipinski definition) is 4. The van der Waals surface area contributed by atoms with Crippen molar-refractivity contribution < 1.29 is 4.74 Å². The Hall–Kier alpha value is -2.56. The van der Waals surface area contributed by atoms with Crippen LogP contribution in [0.25, 0.3) is 5.65 Å². The Kier molecular flexibility index (Phi) is 3.48. The van der Waals surface area contributed by atoms with Gasteiger partial charge in [-0.15, -0.1) is 0 Å². The summed E-state index contributed by atoms with van der Waals surface area (Å²) in [5.41, 5.74) is 2.99. The van der Waals surface area contributed by atoms with Crippen molar-refractivity contribution in [2.45, 2.75) is 20.8 Å². The molecule has 0 radical (unpaired) electrons. The van der Waals surface area contributed by atoms with Crippen LogP contribution in [0.3, 0.4) is 0 Å². The molecule has 0 unspecified atom stereocenters. The highest BCUT2D eigenvalue weighted by molar-refractivity contribution is 5.55. The Morgan fingerprint density at radius 1 is 1.29 bits per heavy atom. The molecule has 3 aromatic rings. The second-order valence-corrected chi connectivity index (χ2v) is 4.99. The van der Waals surface area contributed by atoms with Gasteiger partial charge < -0.3 is 10.1 Å². The zero-order valence-corrected chi connectivity index (χ0v) is 12.4. The molecule has 0 spiro atoms. The normalized spacial score (nSPS) is 10.8. The highest BCUT2D eigenvalue weighted by Crippen LogP contribution is 2.28.